The highest BCUT2D eigenvalue weighted by atomic mass is 16.2. The summed E-state index contributed by atoms with van der Waals surface area (Å²) in [6.45, 7) is 4.47. The number of carbonyl (C=O) groups is 2. The minimum atomic E-state index is -0.110. The molecule has 17 heavy (non-hydrogen) atoms. The van der Waals surface area contributed by atoms with Crippen LogP contribution in [0.3, 0.4) is 0 Å². The van der Waals surface area contributed by atoms with E-state index in [0.717, 1.165) is 5.56 Å². The molecule has 0 unspecified atom stereocenters. The van der Waals surface area contributed by atoms with Crippen molar-refractivity contribution in [2.75, 3.05) is 18.4 Å². The molecule has 1 saturated heterocycles. The van der Waals surface area contributed by atoms with Crippen LogP contribution >= 0.6 is 0 Å². The third-order valence-electron chi connectivity index (χ3n) is 2.86. The van der Waals surface area contributed by atoms with Crippen molar-refractivity contribution >= 4 is 17.6 Å². The first kappa shape index (κ1) is 11.6. The standard InChI is InChI=1S/C12H15N3O2/c1-8-3-4-13-11(5-8)14-12(17)10-6-15(7-10)9(2)16/h3-5,10H,6-7H2,1-2H3,(H,13,14,17). The second-order valence-corrected chi connectivity index (χ2v) is 4.33. The molecular weight excluding hydrogens is 218 g/mol. The van der Waals surface area contributed by atoms with E-state index < -0.39 is 0 Å². The van der Waals surface area contributed by atoms with Gasteiger partial charge in [0.1, 0.15) is 5.82 Å². The van der Waals surface area contributed by atoms with Crippen molar-refractivity contribution in [2.24, 2.45) is 5.92 Å². The first-order valence-electron chi connectivity index (χ1n) is 5.55. The molecule has 0 bridgehead atoms. The topological polar surface area (TPSA) is 62.3 Å². The lowest BCUT2D eigenvalue weighted by atomic mass is 9.99. The van der Waals surface area contributed by atoms with Crippen LogP contribution in [0.5, 0.6) is 0 Å². The Morgan fingerprint density at radius 2 is 2.18 bits per heavy atom. The van der Waals surface area contributed by atoms with Gasteiger partial charge in [-0.05, 0) is 24.6 Å². The van der Waals surface area contributed by atoms with Crippen molar-refractivity contribution in [1.29, 1.82) is 0 Å². The fourth-order valence-electron chi connectivity index (χ4n) is 1.73. The second kappa shape index (κ2) is 4.53. The van der Waals surface area contributed by atoms with Crippen LogP contribution in [0.2, 0.25) is 0 Å². The number of hydrogen-bond donors (Lipinski definition) is 1. The van der Waals surface area contributed by atoms with Crippen molar-refractivity contribution < 1.29 is 9.59 Å². The lowest BCUT2D eigenvalue weighted by Gasteiger charge is -2.37. The molecule has 90 valence electrons. The predicted octanol–water partition coefficient (Wildman–Crippen LogP) is 0.807. The third-order valence-corrected chi connectivity index (χ3v) is 2.86. The summed E-state index contributed by atoms with van der Waals surface area (Å²) in [7, 11) is 0. The van der Waals surface area contributed by atoms with Gasteiger partial charge in [-0.15, -0.1) is 0 Å². The second-order valence-electron chi connectivity index (χ2n) is 4.33. The highest BCUT2D eigenvalue weighted by Crippen LogP contribution is 2.17. The Balaban J connectivity index is 1.89. The normalized spacial score (nSPS) is 15.3. The van der Waals surface area contributed by atoms with Gasteiger partial charge in [-0.2, -0.15) is 0 Å². The maximum Gasteiger partial charge on any atom is 0.232 e. The number of amides is 2. The van der Waals surface area contributed by atoms with Crippen LogP contribution in [0.4, 0.5) is 5.82 Å². The number of hydrogen-bond acceptors (Lipinski definition) is 3. The summed E-state index contributed by atoms with van der Waals surface area (Å²) in [6.07, 6.45) is 1.66. The zero-order chi connectivity index (χ0) is 12.4. The molecule has 1 aromatic rings. The number of aromatic nitrogens is 1. The van der Waals surface area contributed by atoms with E-state index in [1.54, 1.807) is 11.1 Å². The number of anilines is 1. The van der Waals surface area contributed by atoms with Gasteiger partial charge in [0.2, 0.25) is 11.8 Å². The summed E-state index contributed by atoms with van der Waals surface area (Å²) in [5.74, 6) is 0.404. The van der Waals surface area contributed by atoms with Crippen LogP contribution in [0.25, 0.3) is 0 Å². The number of carbonyl (C=O) groups excluding carboxylic acids is 2. The molecule has 0 aliphatic carbocycles. The molecule has 0 spiro atoms. The van der Waals surface area contributed by atoms with E-state index >= 15 is 0 Å². The molecule has 2 amide bonds. The summed E-state index contributed by atoms with van der Waals surface area (Å²) in [5, 5.41) is 2.76. The summed E-state index contributed by atoms with van der Waals surface area (Å²) in [5.41, 5.74) is 1.05. The molecule has 1 aliphatic rings. The number of pyridine rings is 1. The summed E-state index contributed by atoms with van der Waals surface area (Å²) >= 11 is 0. The fourth-order valence-corrected chi connectivity index (χ4v) is 1.73. The van der Waals surface area contributed by atoms with E-state index in [4.69, 9.17) is 0 Å². The highest BCUT2D eigenvalue weighted by molar-refractivity contribution is 5.93. The van der Waals surface area contributed by atoms with E-state index in [1.807, 2.05) is 19.1 Å². The zero-order valence-corrected chi connectivity index (χ0v) is 9.93. The lowest BCUT2D eigenvalue weighted by Crippen LogP contribution is -2.53. The van der Waals surface area contributed by atoms with E-state index in [-0.39, 0.29) is 17.7 Å². The van der Waals surface area contributed by atoms with Crippen molar-refractivity contribution in [3.05, 3.63) is 23.9 Å². The Labute approximate surface area is 99.8 Å². The monoisotopic (exact) mass is 233 g/mol. The Hall–Kier alpha value is -1.91. The van der Waals surface area contributed by atoms with Crippen LogP contribution < -0.4 is 5.32 Å². The molecule has 1 fully saturated rings. The van der Waals surface area contributed by atoms with Gasteiger partial charge in [0.25, 0.3) is 0 Å². The number of rotatable bonds is 2. The fraction of sp³-hybridized carbons (Fsp3) is 0.417. The lowest BCUT2D eigenvalue weighted by molar-refractivity contribution is -0.139. The van der Waals surface area contributed by atoms with Crippen molar-refractivity contribution in [3.8, 4) is 0 Å². The number of likely N-dealkylation sites (tertiary alicyclic amines) is 1. The first-order chi connectivity index (χ1) is 8.06. The molecule has 0 radical (unpaired) electrons. The largest absolute Gasteiger partial charge is 0.341 e. The molecule has 5 heteroatoms. The average Bonchev–Trinajstić information content (AvgIpc) is 2.13. The minimum absolute atomic E-state index is 0.0164. The molecule has 1 N–H and O–H groups in total. The molecular formula is C12H15N3O2. The minimum Gasteiger partial charge on any atom is -0.341 e. The van der Waals surface area contributed by atoms with Gasteiger partial charge in [-0.25, -0.2) is 4.98 Å². The third kappa shape index (κ3) is 2.61. The van der Waals surface area contributed by atoms with Gasteiger partial charge in [0, 0.05) is 26.2 Å². The SMILES string of the molecule is CC(=O)N1CC(C(=O)Nc2cc(C)ccn2)C1. The van der Waals surface area contributed by atoms with Gasteiger partial charge in [-0.3, -0.25) is 9.59 Å². The quantitative estimate of drug-likeness (QED) is 0.822. The van der Waals surface area contributed by atoms with Crippen molar-refractivity contribution in [1.82, 2.24) is 9.88 Å². The number of nitrogens with one attached hydrogen (secondary N) is 1. The van der Waals surface area contributed by atoms with Crippen LogP contribution in [0.15, 0.2) is 18.3 Å². The summed E-state index contributed by atoms with van der Waals surface area (Å²) < 4.78 is 0. The van der Waals surface area contributed by atoms with Crippen molar-refractivity contribution in [2.45, 2.75) is 13.8 Å². The molecule has 2 heterocycles. The van der Waals surface area contributed by atoms with Gasteiger partial charge in [0.05, 0.1) is 5.92 Å². The molecule has 5 nitrogen and oxygen atoms in total. The van der Waals surface area contributed by atoms with Gasteiger partial charge in [0.15, 0.2) is 0 Å². The van der Waals surface area contributed by atoms with Crippen LogP contribution in [0, 0.1) is 12.8 Å². The Morgan fingerprint density at radius 3 is 2.76 bits per heavy atom. The zero-order valence-electron chi connectivity index (χ0n) is 9.93. The van der Waals surface area contributed by atoms with Gasteiger partial charge >= 0.3 is 0 Å². The summed E-state index contributed by atoms with van der Waals surface area (Å²) in [6, 6.07) is 3.69. The predicted molar refractivity (Wildman–Crippen MR) is 63.3 cm³/mol. The number of aryl methyl sites for hydroxylation is 1. The van der Waals surface area contributed by atoms with Crippen LogP contribution in [-0.2, 0) is 9.59 Å². The van der Waals surface area contributed by atoms with Gasteiger partial charge < -0.3 is 10.2 Å². The Morgan fingerprint density at radius 1 is 1.47 bits per heavy atom. The molecule has 1 aliphatic heterocycles. The van der Waals surface area contributed by atoms with E-state index in [0.29, 0.717) is 18.9 Å². The Bertz CT molecular complexity index is 453. The molecule has 0 saturated carbocycles. The van der Waals surface area contributed by atoms with Crippen molar-refractivity contribution in [3.63, 3.8) is 0 Å². The van der Waals surface area contributed by atoms with E-state index in [1.165, 1.54) is 6.92 Å². The maximum atomic E-state index is 11.8. The summed E-state index contributed by atoms with van der Waals surface area (Å²) in [4.78, 5) is 28.5. The molecule has 0 aromatic carbocycles. The van der Waals surface area contributed by atoms with Crippen LogP contribution in [-0.4, -0.2) is 34.8 Å². The number of nitrogens with zero attached hydrogens (tertiary/aromatic N) is 2. The highest BCUT2D eigenvalue weighted by Gasteiger charge is 2.34. The van der Waals surface area contributed by atoms with Crippen LogP contribution in [0.1, 0.15) is 12.5 Å². The molecule has 0 atom stereocenters. The van der Waals surface area contributed by atoms with E-state index in [2.05, 4.69) is 10.3 Å². The smallest absolute Gasteiger partial charge is 0.232 e. The first-order valence-corrected chi connectivity index (χ1v) is 5.55. The van der Waals surface area contributed by atoms with E-state index in [9.17, 15) is 9.59 Å². The molecule has 1 aromatic heterocycles. The Kier molecular flexibility index (Phi) is 3.08. The average molecular weight is 233 g/mol. The molecule has 2 rings (SSSR count). The maximum absolute atomic E-state index is 11.8. The van der Waals surface area contributed by atoms with Gasteiger partial charge in [-0.1, -0.05) is 0 Å².